The molecule has 0 aliphatic carbocycles. The van der Waals surface area contributed by atoms with E-state index >= 15 is 0 Å². The molecule has 0 radical (unpaired) electrons. The Labute approximate surface area is 355 Å². The van der Waals surface area contributed by atoms with Crippen molar-refractivity contribution in [2.45, 2.75) is 62.5 Å². The molecule has 2 saturated heterocycles. The number of halogens is 7. The maximum atomic E-state index is 14.2. The highest BCUT2D eigenvalue weighted by Gasteiger charge is 2.31. The number of anilines is 2. The molecule has 0 spiro atoms. The van der Waals surface area contributed by atoms with Gasteiger partial charge >= 0.3 is 0 Å². The van der Waals surface area contributed by atoms with E-state index in [1.54, 1.807) is 0 Å². The lowest BCUT2D eigenvalue weighted by molar-refractivity contribution is 0.101. The monoisotopic (exact) mass is 928 g/mol. The van der Waals surface area contributed by atoms with Gasteiger partial charge in [-0.15, -0.1) is 0 Å². The summed E-state index contributed by atoms with van der Waals surface area (Å²) >= 11 is 11.2. The van der Waals surface area contributed by atoms with Crippen molar-refractivity contribution in [1.82, 2.24) is 9.62 Å². The molecule has 6 rings (SSSR count). The molecule has 4 aromatic carbocycles. The van der Waals surface area contributed by atoms with E-state index in [0.29, 0.717) is 0 Å². The first-order chi connectivity index (χ1) is 26.8. The van der Waals surface area contributed by atoms with Crippen LogP contribution in [0.25, 0.3) is 0 Å². The van der Waals surface area contributed by atoms with Crippen molar-refractivity contribution in [3.05, 3.63) is 117 Å². The molecule has 0 atom stereocenters. The van der Waals surface area contributed by atoms with Gasteiger partial charge in [0.05, 0.1) is 22.3 Å². The van der Waals surface area contributed by atoms with Crippen LogP contribution in [0.2, 0.25) is 10.0 Å². The van der Waals surface area contributed by atoms with E-state index in [9.17, 15) is 49.1 Å². The van der Waals surface area contributed by atoms with Gasteiger partial charge in [-0.3, -0.25) is 9.59 Å². The Morgan fingerprint density at radius 1 is 0.627 bits per heavy atom. The number of nitrogens with zero attached hydrogens (tertiary/aromatic N) is 1. The molecule has 4 aromatic rings. The number of sulfonamides is 1. The fourth-order valence-corrected chi connectivity index (χ4v) is 8.10. The van der Waals surface area contributed by atoms with Gasteiger partial charge in [-0.05, 0) is 112 Å². The van der Waals surface area contributed by atoms with Crippen molar-refractivity contribution in [2.24, 2.45) is 0 Å². The van der Waals surface area contributed by atoms with Crippen molar-refractivity contribution in [3.8, 4) is 0 Å². The van der Waals surface area contributed by atoms with Gasteiger partial charge in [0.2, 0.25) is 10.0 Å². The summed E-state index contributed by atoms with van der Waals surface area (Å²) in [6.45, 7) is 2.10. The van der Waals surface area contributed by atoms with Crippen molar-refractivity contribution < 1.29 is 54.2 Å². The maximum Gasteiger partial charge on any atom is 0.264 e. The highest BCUT2D eigenvalue weighted by atomic mass is 35.7. The largest absolute Gasteiger partial charge is 0.393 e. The number of hydrogen-bond donors (Lipinski definition) is 5. The van der Waals surface area contributed by atoms with Crippen LogP contribution in [-0.4, -0.2) is 81.6 Å². The highest BCUT2D eigenvalue weighted by molar-refractivity contribution is 8.13. The number of benzene rings is 4. The summed E-state index contributed by atoms with van der Waals surface area (Å²) < 4.78 is 103. The molecule has 2 aliphatic heterocycles. The number of carbonyl (C=O) groups excluding carboxylic acids is 2. The number of aliphatic hydroxyl groups is 2. The highest BCUT2D eigenvalue weighted by Crippen LogP contribution is 2.26. The Hall–Kier alpha value is -3.85. The van der Waals surface area contributed by atoms with Crippen LogP contribution < -0.4 is 16.0 Å². The lowest BCUT2D eigenvalue weighted by Gasteiger charge is -2.28. The van der Waals surface area contributed by atoms with Crippen molar-refractivity contribution in [3.63, 3.8) is 0 Å². The maximum absolute atomic E-state index is 14.2. The molecule has 324 valence electrons. The van der Waals surface area contributed by atoms with Gasteiger partial charge in [-0.1, -0.05) is 38.1 Å². The molecule has 0 bridgehead atoms. The summed E-state index contributed by atoms with van der Waals surface area (Å²) in [5.74, 6) is -4.79. The summed E-state index contributed by atoms with van der Waals surface area (Å²) in [5.41, 5.74) is 0.171. The van der Waals surface area contributed by atoms with Crippen LogP contribution in [0.3, 0.4) is 0 Å². The van der Waals surface area contributed by atoms with Crippen LogP contribution >= 0.6 is 33.9 Å². The fourth-order valence-electron chi connectivity index (χ4n) is 5.26. The lowest BCUT2D eigenvalue weighted by Crippen LogP contribution is -2.40. The first-order valence-corrected chi connectivity index (χ1v) is 21.4. The summed E-state index contributed by atoms with van der Waals surface area (Å²) in [4.78, 5) is 23.0. The molecule has 12 nitrogen and oxygen atoms in total. The second-order valence-corrected chi connectivity index (χ2v) is 17.8. The number of amides is 2. The molecule has 2 heterocycles. The van der Waals surface area contributed by atoms with E-state index in [1.165, 1.54) is 24.3 Å². The molecule has 21 heteroatoms. The van der Waals surface area contributed by atoms with Crippen molar-refractivity contribution >= 4 is 76.1 Å². The van der Waals surface area contributed by atoms with Gasteiger partial charge < -0.3 is 26.2 Å². The Morgan fingerprint density at radius 3 is 1.41 bits per heavy atom. The molecular formula is C38H43Cl3F4N4O8S2. The SMILES string of the molecule is C.C.O=C(Nc1ccc(F)c(Cl)c1)c1ccc(F)c(S(=O)(=O)Cl)c1.O=C(Nc1ccc(F)c(Cl)c1)c1ccc(F)c(S(=O)(=O)N2CCC(O)CC2)c1.OC1CCNCC1. The van der Waals surface area contributed by atoms with Gasteiger partial charge in [0.25, 0.3) is 20.9 Å². The normalized spacial score (nSPS) is 14.9. The molecule has 0 aromatic heterocycles. The average molecular weight is 930 g/mol. The third-order valence-electron chi connectivity index (χ3n) is 8.35. The Bertz CT molecular complexity index is 2320. The topological polar surface area (TPSA) is 182 Å². The number of hydrogen-bond acceptors (Lipinski definition) is 9. The van der Waals surface area contributed by atoms with E-state index in [0.717, 1.165) is 78.8 Å². The Morgan fingerprint density at radius 2 is 1.02 bits per heavy atom. The predicted molar refractivity (Wildman–Crippen MR) is 220 cm³/mol. The zero-order valence-corrected chi connectivity index (χ0v) is 33.4. The van der Waals surface area contributed by atoms with E-state index in [-0.39, 0.29) is 79.4 Å². The van der Waals surface area contributed by atoms with E-state index in [2.05, 4.69) is 16.0 Å². The van der Waals surface area contributed by atoms with Crippen LogP contribution in [0.5, 0.6) is 0 Å². The van der Waals surface area contributed by atoms with Gasteiger partial charge in [-0.2, -0.15) is 4.31 Å². The minimum Gasteiger partial charge on any atom is -0.393 e. The van der Waals surface area contributed by atoms with Gasteiger partial charge in [-0.25, -0.2) is 34.4 Å². The third-order valence-corrected chi connectivity index (χ3v) is 12.2. The van der Waals surface area contributed by atoms with Crippen molar-refractivity contribution in [2.75, 3.05) is 36.8 Å². The zero-order chi connectivity index (χ0) is 42.1. The standard InChI is InChI=1S/C18H17ClF2N2O4S.C13H7Cl2F2NO3S.C5H11NO.2CH4/c19-14-10-12(2-4-15(14)20)22-18(25)11-1-3-16(21)17(9-11)28(26,27)23-7-5-13(24)6-8-23;14-9-6-8(2-4-10(9)16)18-13(19)7-1-3-11(17)12(5-7)22(15,20)21;7-5-1-3-6-4-2-5;;/h1-4,9-10,13,24H,5-8H2,(H,22,25);1-6H,(H,18,19);5-7H,1-4H2;2*1H4. The second kappa shape index (κ2) is 22.7. The van der Waals surface area contributed by atoms with Crippen LogP contribution in [0.1, 0.15) is 61.3 Å². The quantitative estimate of drug-likeness (QED) is 0.0912. The number of nitrogens with one attached hydrogen (secondary N) is 3. The molecule has 2 aliphatic rings. The second-order valence-electron chi connectivity index (χ2n) is 12.5. The van der Waals surface area contributed by atoms with Gasteiger partial charge in [0.1, 0.15) is 33.1 Å². The number of carbonyl (C=O) groups is 2. The first kappa shape index (κ1) is 51.3. The van der Waals surface area contributed by atoms with Crippen LogP contribution in [0.15, 0.2) is 82.6 Å². The summed E-state index contributed by atoms with van der Waals surface area (Å²) in [5, 5.41) is 26.0. The molecular weight excluding hydrogens is 887 g/mol. The third kappa shape index (κ3) is 14.7. The van der Waals surface area contributed by atoms with E-state index in [1.807, 2.05) is 0 Å². The minimum absolute atomic E-state index is 0. The van der Waals surface area contributed by atoms with E-state index < -0.39 is 70.1 Å². The lowest BCUT2D eigenvalue weighted by atomic mass is 10.1. The van der Waals surface area contributed by atoms with E-state index in [4.69, 9.17) is 39.0 Å². The number of aliphatic hydroxyl groups excluding tert-OH is 2. The summed E-state index contributed by atoms with van der Waals surface area (Å²) in [6.07, 6.45) is 1.76. The van der Waals surface area contributed by atoms with Crippen LogP contribution in [0.4, 0.5) is 28.9 Å². The van der Waals surface area contributed by atoms with Gasteiger partial charge in [0.15, 0.2) is 0 Å². The average Bonchev–Trinajstić information content (AvgIpc) is 3.15. The molecule has 2 fully saturated rings. The smallest absolute Gasteiger partial charge is 0.264 e. The zero-order valence-electron chi connectivity index (χ0n) is 29.5. The number of piperidine rings is 2. The Kier molecular flexibility index (Phi) is 19.7. The molecule has 0 unspecified atom stereocenters. The van der Waals surface area contributed by atoms with Crippen LogP contribution in [0, 0.1) is 23.3 Å². The molecule has 59 heavy (non-hydrogen) atoms. The summed E-state index contributed by atoms with van der Waals surface area (Å²) in [7, 11) is -3.41. The van der Waals surface area contributed by atoms with Gasteiger partial charge in [0, 0.05) is 46.3 Å². The molecule has 0 saturated carbocycles. The van der Waals surface area contributed by atoms with Crippen molar-refractivity contribution in [1.29, 1.82) is 0 Å². The first-order valence-electron chi connectivity index (χ1n) is 16.9. The minimum atomic E-state index is -4.33. The predicted octanol–water partition coefficient (Wildman–Crippen LogP) is 7.82. The molecule has 5 N–H and O–H groups in total. The Balaban J connectivity index is 0.000000345. The fraction of sp³-hybridized carbons (Fsp3) is 0.316. The summed E-state index contributed by atoms with van der Waals surface area (Å²) in [6, 6.07) is 12.8. The number of rotatable bonds is 7. The van der Waals surface area contributed by atoms with Crippen LogP contribution in [-0.2, 0) is 19.1 Å². The molecule has 2 amide bonds.